The van der Waals surface area contributed by atoms with Gasteiger partial charge in [-0.3, -0.25) is 0 Å². The first-order valence-electron chi connectivity index (χ1n) is 5.05. The highest BCUT2D eigenvalue weighted by Gasteiger charge is 2.22. The minimum Gasteiger partial charge on any atom is -0.441 e. The van der Waals surface area contributed by atoms with Gasteiger partial charge in [0.05, 0.1) is 12.2 Å². The molecule has 1 aromatic heterocycles. The van der Waals surface area contributed by atoms with E-state index in [1.165, 1.54) is 0 Å². The summed E-state index contributed by atoms with van der Waals surface area (Å²) in [5, 5.41) is 3.09. The van der Waals surface area contributed by atoms with Crippen molar-refractivity contribution in [3.8, 4) is 0 Å². The van der Waals surface area contributed by atoms with Gasteiger partial charge in [0.25, 0.3) is 0 Å². The molecular weight excluding hydrogens is 180 g/mol. The highest BCUT2D eigenvalue weighted by molar-refractivity contribution is 5.01. The summed E-state index contributed by atoms with van der Waals surface area (Å²) < 4.78 is 11.1. The molecule has 1 N–H and O–H groups in total. The highest BCUT2D eigenvalue weighted by Crippen LogP contribution is 2.29. The fourth-order valence-electron chi connectivity index (χ4n) is 1.58. The molecule has 0 bridgehead atoms. The van der Waals surface area contributed by atoms with E-state index in [9.17, 15) is 0 Å². The van der Waals surface area contributed by atoms with Crippen LogP contribution in [-0.2, 0) is 4.74 Å². The normalized spacial score (nSPS) is 24.0. The second-order valence-corrected chi connectivity index (χ2v) is 3.61. The molecule has 1 fully saturated rings. The zero-order chi connectivity index (χ0) is 9.97. The molecule has 0 radical (unpaired) electrons. The van der Waals surface area contributed by atoms with E-state index >= 15 is 0 Å². The molecule has 1 aliphatic heterocycles. The molecule has 0 saturated carbocycles. The van der Waals surface area contributed by atoms with Gasteiger partial charge < -0.3 is 14.5 Å². The molecule has 2 rings (SSSR count). The van der Waals surface area contributed by atoms with E-state index in [1.807, 2.05) is 14.0 Å². The van der Waals surface area contributed by atoms with Crippen LogP contribution in [0.2, 0.25) is 0 Å². The quantitative estimate of drug-likeness (QED) is 0.800. The second-order valence-electron chi connectivity index (χ2n) is 3.61. The monoisotopic (exact) mass is 196 g/mol. The highest BCUT2D eigenvalue weighted by atomic mass is 16.5. The summed E-state index contributed by atoms with van der Waals surface area (Å²) in [6, 6.07) is 0.158. The molecule has 0 amide bonds. The van der Waals surface area contributed by atoms with Crippen molar-refractivity contribution in [1.29, 1.82) is 0 Å². The largest absolute Gasteiger partial charge is 0.441 e. The number of hydrogen-bond donors (Lipinski definition) is 1. The smallest absolute Gasteiger partial charge is 0.211 e. The Balaban J connectivity index is 2.08. The van der Waals surface area contributed by atoms with Crippen molar-refractivity contribution < 1.29 is 9.15 Å². The van der Waals surface area contributed by atoms with Crippen LogP contribution in [0.4, 0.5) is 0 Å². The van der Waals surface area contributed by atoms with Gasteiger partial charge in [-0.2, -0.15) is 0 Å². The van der Waals surface area contributed by atoms with Crippen LogP contribution >= 0.6 is 0 Å². The molecule has 0 aromatic carbocycles. The minimum atomic E-state index is 0.125. The van der Waals surface area contributed by atoms with Crippen LogP contribution in [0.1, 0.15) is 43.6 Å². The average molecular weight is 196 g/mol. The third-order valence-electron chi connectivity index (χ3n) is 2.59. The van der Waals surface area contributed by atoms with Gasteiger partial charge in [-0.25, -0.2) is 4.98 Å². The molecule has 78 valence electrons. The molecule has 1 aromatic rings. The molecule has 2 heterocycles. The lowest BCUT2D eigenvalue weighted by Crippen LogP contribution is -2.12. The number of hydrogen-bond acceptors (Lipinski definition) is 4. The van der Waals surface area contributed by atoms with Crippen LogP contribution < -0.4 is 5.32 Å². The summed E-state index contributed by atoms with van der Waals surface area (Å²) in [4.78, 5) is 4.22. The molecule has 4 nitrogen and oxygen atoms in total. The van der Waals surface area contributed by atoms with E-state index in [0.29, 0.717) is 0 Å². The maximum atomic E-state index is 5.62. The van der Waals surface area contributed by atoms with Crippen LogP contribution in [0.15, 0.2) is 10.6 Å². The maximum Gasteiger partial charge on any atom is 0.211 e. The summed E-state index contributed by atoms with van der Waals surface area (Å²) in [6.07, 6.45) is 4.06. The molecule has 1 aliphatic rings. The molecular formula is C10H16N2O2. The Hall–Kier alpha value is -0.870. The maximum absolute atomic E-state index is 5.62. The molecule has 1 saturated heterocycles. The van der Waals surface area contributed by atoms with E-state index in [1.54, 1.807) is 6.20 Å². The fraction of sp³-hybridized carbons (Fsp3) is 0.700. The van der Waals surface area contributed by atoms with Crippen molar-refractivity contribution in [2.75, 3.05) is 13.7 Å². The Morgan fingerprint density at radius 1 is 1.64 bits per heavy atom. The van der Waals surface area contributed by atoms with Crippen molar-refractivity contribution in [1.82, 2.24) is 10.3 Å². The number of rotatable bonds is 3. The number of aromatic nitrogens is 1. The first-order chi connectivity index (χ1) is 6.81. The lowest BCUT2D eigenvalue weighted by atomic mass is 10.2. The van der Waals surface area contributed by atoms with Gasteiger partial charge in [0.2, 0.25) is 5.89 Å². The summed E-state index contributed by atoms with van der Waals surface area (Å²) in [6.45, 7) is 2.85. The van der Waals surface area contributed by atoms with Gasteiger partial charge in [0, 0.05) is 6.61 Å². The molecule has 2 atom stereocenters. The van der Waals surface area contributed by atoms with Crippen LogP contribution in [0.3, 0.4) is 0 Å². The van der Waals surface area contributed by atoms with Crippen molar-refractivity contribution >= 4 is 0 Å². The topological polar surface area (TPSA) is 47.3 Å². The Morgan fingerprint density at radius 2 is 2.50 bits per heavy atom. The molecule has 14 heavy (non-hydrogen) atoms. The van der Waals surface area contributed by atoms with Crippen LogP contribution in [0, 0.1) is 0 Å². The van der Waals surface area contributed by atoms with Gasteiger partial charge >= 0.3 is 0 Å². The Labute approximate surface area is 83.7 Å². The SMILES string of the molecule is CNC(C)c1ncc(C2CCCO2)o1. The Morgan fingerprint density at radius 3 is 3.14 bits per heavy atom. The van der Waals surface area contributed by atoms with Gasteiger partial charge in [0.15, 0.2) is 5.76 Å². The summed E-state index contributed by atoms with van der Waals surface area (Å²) in [5.41, 5.74) is 0. The van der Waals surface area contributed by atoms with Crippen molar-refractivity contribution in [2.24, 2.45) is 0 Å². The number of nitrogens with one attached hydrogen (secondary N) is 1. The number of nitrogens with zero attached hydrogens (tertiary/aromatic N) is 1. The van der Waals surface area contributed by atoms with Crippen LogP contribution in [0.5, 0.6) is 0 Å². The summed E-state index contributed by atoms with van der Waals surface area (Å²) in [5.74, 6) is 1.60. The van der Waals surface area contributed by atoms with Crippen molar-refractivity contribution in [2.45, 2.75) is 31.9 Å². The summed E-state index contributed by atoms with van der Waals surface area (Å²) >= 11 is 0. The summed E-state index contributed by atoms with van der Waals surface area (Å²) in [7, 11) is 1.89. The zero-order valence-electron chi connectivity index (χ0n) is 8.62. The molecule has 0 spiro atoms. The van der Waals surface area contributed by atoms with Gasteiger partial charge in [-0.1, -0.05) is 0 Å². The van der Waals surface area contributed by atoms with E-state index in [-0.39, 0.29) is 12.1 Å². The standard InChI is InChI=1S/C10H16N2O2/c1-7(11-2)10-12-6-9(14-10)8-4-3-5-13-8/h6-8,11H,3-5H2,1-2H3. The van der Waals surface area contributed by atoms with Gasteiger partial charge in [-0.05, 0) is 26.8 Å². The average Bonchev–Trinajstić information content (AvgIpc) is 2.86. The molecule has 2 unspecified atom stereocenters. The Kier molecular flexibility index (Phi) is 2.84. The van der Waals surface area contributed by atoms with E-state index in [0.717, 1.165) is 31.1 Å². The first-order valence-corrected chi connectivity index (χ1v) is 5.05. The van der Waals surface area contributed by atoms with Crippen LogP contribution in [0.25, 0.3) is 0 Å². The fourth-order valence-corrected chi connectivity index (χ4v) is 1.58. The van der Waals surface area contributed by atoms with Crippen molar-refractivity contribution in [3.05, 3.63) is 17.8 Å². The van der Waals surface area contributed by atoms with Gasteiger partial charge in [0.1, 0.15) is 6.10 Å². The number of ether oxygens (including phenoxy) is 1. The third kappa shape index (κ3) is 1.81. The first kappa shape index (κ1) is 9.68. The zero-order valence-corrected chi connectivity index (χ0v) is 8.62. The van der Waals surface area contributed by atoms with E-state index < -0.39 is 0 Å². The van der Waals surface area contributed by atoms with E-state index in [4.69, 9.17) is 9.15 Å². The minimum absolute atomic E-state index is 0.125. The molecule has 4 heteroatoms. The second kappa shape index (κ2) is 4.11. The molecule has 0 aliphatic carbocycles. The van der Waals surface area contributed by atoms with Crippen molar-refractivity contribution in [3.63, 3.8) is 0 Å². The predicted molar refractivity (Wildman–Crippen MR) is 51.9 cm³/mol. The predicted octanol–water partition coefficient (Wildman–Crippen LogP) is 1.81. The lowest BCUT2D eigenvalue weighted by Gasteiger charge is -2.06. The van der Waals surface area contributed by atoms with Crippen LogP contribution in [-0.4, -0.2) is 18.6 Å². The van der Waals surface area contributed by atoms with Gasteiger partial charge in [-0.15, -0.1) is 0 Å². The third-order valence-corrected chi connectivity index (χ3v) is 2.59. The lowest BCUT2D eigenvalue weighted by molar-refractivity contribution is 0.0919. The number of oxazole rings is 1. The van der Waals surface area contributed by atoms with E-state index in [2.05, 4.69) is 10.3 Å². The Bertz CT molecular complexity index is 292.